The van der Waals surface area contributed by atoms with Crippen molar-refractivity contribution in [3.63, 3.8) is 0 Å². The lowest BCUT2D eigenvalue weighted by molar-refractivity contribution is -0.129. The molecule has 0 saturated heterocycles. The molecule has 4 atom stereocenters. The van der Waals surface area contributed by atoms with Crippen LogP contribution < -0.4 is 10.6 Å². The largest absolute Gasteiger partial charge is 0.392 e. The summed E-state index contributed by atoms with van der Waals surface area (Å²) in [7, 11) is 0. The van der Waals surface area contributed by atoms with Crippen LogP contribution in [0.3, 0.4) is 0 Å². The van der Waals surface area contributed by atoms with Gasteiger partial charge in [0, 0.05) is 32.6 Å². The highest BCUT2D eigenvalue weighted by atomic mass is 16.3. The lowest BCUT2D eigenvalue weighted by Gasteiger charge is -2.27. The van der Waals surface area contributed by atoms with Gasteiger partial charge in [-0.3, -0.25) is 14.5 Å². The normalized spacial score (nSPS) is 13.5. The Kier molecular flexibility index (Phi) is 69.1. The summed E-state index contributed by atoms with van der Waals surface area (Å²) in [4.78, 5) is 34.7. The summed E-state index contributed by atoms with van der Waals surface area (Å²) >= 11 is 0. The molecule has 4 unspecified atom stereocenters. The number of nitrogens with one attached hydrogen (secondary N) is 2. The van der Waals surface area contributed by atoms with Crippen LogP contribution in [0.2, 0.25) is 0 Å². The van der Waals surface area contributed by atoms with Crippen molar-refractivity contribution in [2.24, 2.45) is 0 Å². The molecule has 0 aromatic rings. The van der Waals surface area contributed by atoms with E-state index in [-0.39, 0.29) is 17.9 Å². The molecule has 0 spiro atoms. The van der Waals surface area contributed by atoms with Crippen LogP contribution in [0.15, 0.2) is 24.3 Å². The van der Waals surface area contributed by atoms with Crippen LogP contribution in [0.1, 0.15) is 382 Å². The Bertz CT molecular complexity index is 1470. The van der Waals surface area contributed by atoms with Gasteiger partial charge in [0.2, 0.25) is 11.8 Å². The number of amides is 2. The first kappa shape index (κ1) is 87.2. The average Bonchev–Trinajstić information content (AvgIpc) is 3.69. The average molecular weight is 1260 g/mol. The molecule has 0 aliphatic heterocycles. The van der Waals surface area contributed by atoms with Crippen LogP contribution in [-0.4, -0.2) is 132 Å². The van der Waals surface area contributed by atoms with Crippen molar-refractivity contribution in [1.82, 2.24) is 25.3 Å². The molecule has 0 fully saturated rings. The lowest BCUT2D eigenvalue weighted by atomic mass is 10.0. The molecule has 89 heavy (non-hydrogen) atoms. The number of rotatable bonds is 73. The van der Waals surface area contributed by atoms with Gasteiger partial charge in [-0.05, 0) is 142 Å². The summed E-state index contributed by atoms with van der Waals surface area (Å²) in [6.45, 7) is 21.4. The van der Waals surface area contributed by atoms with E-state index < -0.39 is 18.2 Å². The zero-order valence-corrected chi connectivity index (χ0v) is 60.7. The van der Waals surface area contributed by atoms with E-state index in [1.165, 1.54) is 238 Å². The van der Waals surface area contributed by atoms with Crippen LogP contribution in [0, 0.1) is 0 Å². The van der Waals surface area contributed by atoms with Gasteiger partial charge in [-0.25, -0.2) is 0 Å². The SMILES string of the molecule is CCCCCCCC/C=C\CCCCCCCCN(CCCCCCC(NC(=O)CCCN(CC(O)CCCCCCCCCC)CC(O)CCCCCCCCCC)C(=O)NCCCN(CC)CC)CC(O)CCCCCC/C=C\CCCCCCCC. The number of allylic oxidation sites excluding steroid dienone is 4. The van der Waals surface area contributed by atoms with Gasteiger partial charge >= 0.3 is 0 Å². The molecule has 0 aliphatic rings. The highest BCUT2D eigenvalue weighted by molar-refractivity contribution is 5.87. The van der Waals surface area contributed by atoms with E-state index in [0.29, 0.717) is 45.4 Å². The minimum absolute atomic E-state index is 0.0841. The molecule has 5 N–H and O–H groups in total. The summed E-state index contributed by atoms with van der Waals surface area (Å²) in [5.41, 5.74) is 0. The molecule has 10 nitrogen and oxygen atoms in total. The predicted octanol–water partition coefficient (Wildman–Crippen LogP) is 20.5. The summed E-state index contributed by atoms with van der Waals surface area (Å²) in [5.74, 6) is -0.182. The highest BCUT2D eigenvalue weighted by Gasteiger charge is 2.22. The fourth-order valence-corrected chi connectivity index (χ4v) is 12.8. The second-order valence-corrected chi connectivity index (χ2v) is 27.6. The molecule has 0 bridgehead atoms. The quantitative estimate of drug-likeness (QED) is 0.0301. The molecular weight excluding hydrogens is 1100 g/mol. The lowest BCUT2D eigenvalue weighted by Crippen LogP contribution is -2.47. The Labute approximate surface area is 555 Å². The summed E-state index contributed by atoms with van der Waals surface area (Å²) < 4.78 is 0. The molecular formula is C79H157N5O5. The zero-order valence-electron chi connectivity index (χ0n) is 60.7. The number of unbranched alkanes of at least 4 members (excludes halogenated alkanes) is 39. The third-order valence-electron chi connectivity index (χ3n) is 18.8. The standard InChI is InChI=1S/C79H157N5O5/c1-7-13-17-21-25-29-31-33-35-36-38-40-42-46-51-57-67-83(71-74(85)61-53-49-45-41-39-37-34-32-30-26-22-18-14-8-2)68-58-52-50-56-64-77(79(89)80-66-60-70-82(11-5)12-6)81-78(88)65-59-69-84(72-75(86)62-54-47-43-27-23-19-15-9-3)73-76(87)63-55-48-44-28-24-20-16-10-4/h33-35,37,74-77,85-87H,7-32,36,38-73H2,1-6H3,(H,80,89)(H,81,88)/b35-33-,37-34-. The number of hydrogen-bond donors (Lipinski definition) is 5. The smallest absolute Gasteiger partial charge is 0.242 e. The van der Waals surface area contributed by atoms with Gasteiger partial charge in [0.25, 0.3) is 0 Å². The Hall–Kier alpha value is -1.82. The van der Waals surface area contributed by atoms with E-state index in [1.54, 1.807) is 0 Å². The van der Waals surface area contributed by atoms with Crippen molar-refractivity contribution in [3.05, 3.63) is 24.3 Å². The number of carbonyl (C=O) groups excluding carboxylic acids is 2. The molecule has 0 aromatic heterocycles. The van der Waals surface area contributed by atoms with Gasteiger partial charge in [0.05, 0.1) is 18.3 Å². The third kappa shape index (κ3) is 63.4. The van der Waals surface area contributed by atoms with Crippen molar-refractivity contribution in [3.8, 4) is 0 Å². The van der Waals surface area contributed by atoms with Crippen molar-refractivity contribution in [2.75, 3.05) is 65.4 Å². The van der Waals surface area contributed by atoms with Crippen molar-refractivity contribution < 1.29 is 24.9 Å². The van der Waals surface area contributed by atoms with Gasteiger partial charge in [-0.1, -0.05) is 297 Å². The fourth-order valence-electron chi connectivity index (χ4n) is 12.8. The Balaban J connectivity index is 5.49. The van der Waals surface area contributed by atoms with E-state index >= 15 is 0 Å². The van der Waals surface area contributed by atoms with Gasteiger partial charge < -0.3 is 35.8 Å². The van der Waals surface area contributed by atoms with Crippen LogP contribution in [-0.2, 0) is 9.59 Å². The summed E-state index contributed by atoms with van der Waals surface area (Å²) in [6.07, 6.45) is 70.7. The van der Waals surface area contributed by atoms with Crippen LogP contribution in [0.4, 0.5) is 0 Å². The number of nitrogens with zero attached hydrogens (tertiary/aromatic N) is 3. The van der Waals surface area contributed by atoms with Crippen molar-refractivity contribution >= 4 is 11.8 Å². The molecule has 0 saturated carbocycles. The molecule has 0 rings (SSSR count). The number of aliphatic hydroxyl groups excluding tert-OH is 3. The molecule has 0 aromatic carbocycles. The molecule has 528 valence electrons. The number of carbonyl (C=O) groups is 2. The summed E-state index contributed by atoms with van der Waals surface area (Å²) in [5, 5.41) is 40.1. The first-order valence-electron chi connectivity index (χ1n) is 39.7. The van der Waals surface area contributed by atoms with Gasteiger partial charge in [-0.15, -0.1) is 0 Å². The summed E-state index contributed by atoms with van der Waals surface area (Å²) in [6, 6.07) is -0.571. The Morgan fingerprint density at radius 2 is 0.618 bits per heavy atom. The fraction of sp³-hybridized carbons (Fsp3) is 0.924. The van der Waals surface area contributed by atoms with E-state index in [1.807, 2.05) is 0 Å². The molecule has 0 heterocycles. The maximum Gasteiger partial charge on any atom is 0.242 e. The van der Waals surface area contributed by atoms with Crippen LogP contribution in [0.5, 0.6) is 0 Å². The molecule has 0 aliphatic carbocycles. The van der Waals surface area contributed by atoms with Gasteiger partial charge in [0.15, 0.2) is 0 Å². The first-order chi connectivity index (χ1) is 43.6. The second kappa shape index (κ2) is 70.5. The van der Waals surface area contributed by atoms with E-state index in [9.17, 15) is 24.9 Å². The predicted molar refractivity (Wildman–Crippen MR) is 389 cm³/mol. The van der Waals surface area contributed by atoms with Crippen LogP contribution in [0.25, 0.3) is 0 Å². The third-order valence-corrected chi connectivity index (χ3v) is 18.8. The maximum atomic E-state index is 13.8. The Morgan fingerprint density at radius 1 is 0.326 bits per heavy atom. The Morgan fingerprint density at radius 3 is 0.978 bits per heavy atom. The maximum absolute atomic E-state index is 13.8. The first-order valence-corrected chi connectivity index (χ1v) is 39.7. The van der Waals surface area contributed by atoms with E-state index in [4.69, 9.17) is 0 Å². The van der Waals surface area contributed by atoms with Crippen molar-refractivity contribution in [1.29, 1.82) is 0 Å². The minimum Gasteiger partial charge on any atom is -0.392 e. The molecule has 2 amide bonds. The monoisotopic (exact) mass is 1260 g/mol. The zero-order chi connectivity index (χ0) is 65.0. The molecule has 10 heteroatoms. The molecule has 0 radical (unpaired) electrons. The van der Waals surface area contributed by atoms with Gasteiger partial charge in [-0.2, -0.15) is 0 Å². The highest BCUT2D eigenvalue weighted by Crippen LogP contribution is 2.18. The van der Waals surface area contributed by atoms with Crippen LogP contribution >= 0.6 is 0 Å². The topological polar surface area (TPSA) is 129 Å². The second-order valence-electron chi connectivity index (χ2n) is 27.6. The van der Waals surface area contributed by atoms with E-state index in [2.05, 4.69) is 91.2 Å². The minimum atomic E-state index is -0.571. The van der Waals surface area contributed by atoms with Crippen molar-refractivity contribution in [2.45, 2.75) is 406 Å². The van der Waals surface area contributed by atoms with Gasteiger partial charge in [0.1, 0.15) is 6.04 Å². The van der Waals surface area contributed by atoms with E-state index in [0.717, 1.165) is 123 Å². The number of aliphatic hydroxyl groups is 3. The number of hydrogen-bond acceptors (Lipinski definition) is 8.